The highest BCUT2D eigenvalue weighted by Crippen LogP contribution is 2.26. The Balaban J connectivity index is 1.63. The van der Waals surface area contributed by atoms with E-state index in [0.29, 0.717) is 5.69 Å². The third-order valence-corrected chi connectivity index (χ3v) is 5.09. The molecule has 0 bridgehead atoms. The molecule has 25 heavy (non-hydrogen) atoms. The zero-order valence-corrected chi connectivity index (χ0v) is 14.4. The van der Waals surface area contributed by atoms with Crippen molar-refractivity contribution in [2.24, 2.45) is 5.92 Å². The molecule has 2 fully saturated rings. The van der Waals surface area contributed by atoms with Gasteiger partial charge in [-0.05, 0) is 50.4 Å². The van der Waals surface area contributed by atoms with Crippen LogP contribution in [-0.2, 0) is 9.59 Å². The fraction of sp³-hybridized carbons (Fsp3) is 0.579. The molecule has 1 aromatic rings. The van der Waals surface area contributed by atoms with Crippen LogP contribution in [0.1, 0.15) is 51.4 Å². The molecule has 3 rings (SSSR count). The number of rotatable bonds is 4. The summed E-state index contributed by atoms with van der Waals surface area (Å²) in [5.74, 6) is -0.775. The minimum absolute atomic E-state index is 0.0437. The molecular formula is C19H26FN3O2. The van der Waals surface area contributed by atoms with Crippen molar-refractivity contribution < 1.29 is 14.0 Å². The number of halogens is 1. The van der Waals surface area contributed by atoms with E-state index in [2.05, 4.69) is 16.0 Å². The fourth-order valence-electron chi connectivity index (χ4n) is 3.60. The SMILES string of the molecule is O=C(Nc1cc(NC(=O)[C@@H]2CCCCN2)ccc1F)C1CCCCC1. The number of benzene rings is 1. The zero-order valence-electron chi connectivity index (χ0n) is 14.4. The lowest BCUT2D eigenvalue weighted by molar-refractivity contribution is -0.121. The molecule has 1 atom stereocenters. The Bertz CT molecular complexity index is 623. The number of hydrogen-bond acceptors (Lipinski definition) is 3. The van der Waals surface area contributed by atoms with E-state index in [9.17, 15) is 14.0 Å². The Morgan fingerprint density at radius 1 is 0.960 bits per heavy atom. The van der Waals surface area contributed by atoms with Crippen LogP contribution < -0.4 is 16.0 Å². The maximum Gasteiger partial charge on any atom is 0.241 e. The Morgan fingerprint density at radius 3 is 2.44 bits per heavy atom. The Kier molecular flexibility index (Phi) is 6.02. The standard InChI is InChI=1S/C19H26FN3O2/c20-15-10-9-14(22-19(25)16-8-4-5-11-21-16)12-17(15)23-18(24)13-6-2-1-3-7-13/h9-10,12-13,16,21H,1-8,11H2,(H,22,25)(H,23,24)/t16-/m0/s1. The highest BCUT2D eigenvalue weighted by atomic mass is 19.1. The molecule has 0 aromatic heterocycles. The average Bonchev–Trinajstić information content (AvgIpc) is 2.66. The quantitative estimate of drug-likeness (QED) is 0.781. The van der Waals surface area contributed by atoms with Gasteiger partial charge >= 0.3 is 0 Å². The second kappa shape index (κ2) is 8.43. The van der Waals surface area contributed by atoms with Crippen LogP contribution in [0.5, 0.6) is 0 Å². The van der Waals surface area contributed by atoms with Gasteiger partial charge < -0.3 is 16.0 Å². The van der Waals surface area contributed by atoms with E-state index in [0.717, 1.165) is 57.9 Å². The molecule has 0 radical (unpaired) electrons. The van der Waals surface area contributed by atoms with Crippen LogP contribution in [-0.4, -0.2) is 24.4 Å². The molecule has 0 spiro atoms. The van der Waals surface area contributed by atoms with Gasteiger partial charge in [-0.15, -0.1) is 0 Å². The Morgan fingerprint density at radius 2 is 1.72 bits per heavy atom. The molecule has 1 saturated carbocycles. The predicted octanol–water partition coefficient (Wildman–Crippen LogP) is 3.43. The van der Waals surface area contributed by atoms with Crippen LogP contribution in [0, 0.1) is 11.7 Å². The minimum atomic E-state index is -0.488. The molecule has 2 amide bonds. The summed E-state index contributed by atoms with van der Waals surface area (Å²) in [7, 11) is 0. The smallest absolute Gasteiger partial charge is 0.241 e. The van der Waals surface area contributed by atoms with Gasteiger partial charge in [-0.3, -0.25) is 9.59 Å². The van der Waals surface area contributed by atoms with Crippen LogP contribution >= 0.6 is 0 Å². The van der Waals surface area contributed by atoms with Crippen LogP contribution in [0.4, 0.5) is 15.8 Å². The molecule has 0 unspecified atom stereocenters. The summed E-state index contributed by atoms with van der Waals surface area (Å²) in [6, 6.07) is 4.09. The lowest BCUT2D eigenvalue weighted by Crippen LogP contribution is -2.43. The van der Waals surface area contributed by atoms with E-state index < -0.39 is 5.82 Å². The fourth-order valence-corrected chi connectivity index (χ4v) is 3.60. The van der Waals surface area contributed by atoms with Crippen LogP contribution in [0.3, 0.4) is 0 Å². The van der Waals surface area contributed by atoms with Gasteiger partial charge in [0.2, 0.25) is 11.8 Å². The number of anilines is 2. The first-order valence-corrected chi connectivity index (χ1v) is 9.28. The van der Waals surface area contributed by atoms with Gasteiger partial charge in [-0.1, -0.05) is 25.7 Å². The van der Waals surface area contributed by atoms with E-state index in [1.165, 1.54) is 18.2 Å². The summed E-state index contributed by atoms with van der Waals surface area (Å²) >= 11 is 0. The molecule has 3 N–H and O–H groups in total. The van der Waals surface area contributed by atoms with Gasteiger partial charge in [0.05, 0.1) is 11.7 Å². The topological polar surface area (TPSA) is 70.2 Å². The predicted molar refractivity (Wildman–Crippen MR) is 95.9 cm³/mol. The van der Waals surface area contributed by atoms with E-state index in [-0.39, 0.29) is 29.5 Å². The number of piperidine rings is 1. The van der Waals surface area contributed by atoms with Gasteiger partial charge in [-0.25, -0.2) is 4.39 Å². The van der Waals surface area contributed by atoms with Crippen molar-refractivity contribution in [3.8, 4) is 0 Å². The van der Waals surface area contributed by atoms with E-state index >= 15 is 0 Å². The van der Waals surface area contributed by atoms with Crippen molar-refractivity contribution in [2.75, 3.05) is 17.2 Å². The molecular weight excluding hydrogens is 321 g/mol. The number of amides is 2. The first-order chi connectivity index (χ1) is 12.1. The molecule has 1 heterocycles. The first kappa shape index (κ1) is 17.9. The normalized spacial score (nSPS) is 21.6. The van der Waals surface area contributed by atoms with Crippen molar-refractivity contribution in [3.63, 3.8) is 0 Å². The summed E-state index contributed by atoms with van der Waals surface area (Å²) in [6.45, 7) is 0.838. The third kappa shape index (κ3) is 4.78. The summed E-state index contributed by atoms with van der Waals surface area (Å²) in [5.41, 5.74) is 0.627. The summed E-state index contributed by atoms with van der Waals surface area (Å²) < 4.78 is 14.0. The Labute approximate surface area is 147 Å². The Hall–Kier alpha value is -1.95. The van der Waals surface area contributed by atoms with Crippen molar-refractivity contribution in [2.45, 2.75) is 57.4 Å². The van der Waals surface area contributed by atoms with Crippen molar-refractivity contribution in [1.82, 2.24) is 5.32 Å². The molecule has 2 aliphatic rings. The van der Waals surface area contributed by atoms with Gasteiger partial charge in [0, 0.05) is 11.6 Å². The largest absolute Gasteiger partial charge is 0.325 e. The highest BCUT2D eigenvalue weighted by Gasteiger charge is 2.23. The number of hydrogen-bond donors (Lipinski definition) is 3. The van der Waals surface area contributed by atoms with Crippen molar-refractivity contribution in [1.29, 1.82) is 0 Å². The van der Waals surface area contributed by atoms with Gasteiger partial charge in [-0.2, -0.15) is 0 Å². The lowest BCUT2D eigenvalue weighted by Gasteiger charge is -2.23. The summed E-state index contributed by atoms with van der Waals surface area (Å²) in [6.07, 6.45) is 7.88. The van der Waals surface area contributed by atoms with Crippen LogP contribution in [0.25, 0.3) is 0 Å². The van der Waals surface area contributed by atoms with Gasteiger partial charge in [0.25, 0.3) is 0 Å². The molecule has 1 aliphatic carbocycles. The first-order valence-electron chi connectivity index (χ1n) is 9.28. The number of nitrogens with one attached hydrogen (secondary N) is 3. The highest BCUT2D eigenvalue weighted by molar-refractivity contribution is 5.97. The second-order valence-electron chi connectivity index (χ2n) is 7.01. The molecule has 6 heteroatoms. The minimum Gasteiger partial charge on any atom is -0.325 e. The van der Waals surface area contributed by atoms with Gasteiger partial charge in [0.15, 0.2) is 0 Å². The second-order valence-corrected chi connectivity index (χ2v) is 7.01. The number of carbonyl (C=O) groups is 2. The lowest BCUT2D eigenvalue weighted by atomic mass is 9.88. The maximum atomic E-state index is 14.0. The zero-order chi connectivity index (χ0) is 17.6. The third-order valence-electron chi connectivity index (χ3n) is 5.09. The molecule has 1 saturated heterocycles. The average molecular weight is 347 g/mol. The number of carbonyl (C=O) groups excluding carboxylic acids is 2. The van der Waals surface area contributed by atoms with E-state index in [1.807, 2.05) is 0 Å². The van der Waals surface area contributed by atoms with Crippen LogP contribution in [0.2, 0.25) is 0 Å². The van der Waals surface area contributed by atoms with Crippen LogP contribution in [0.15, 0.2) is 18.2 Å². The van der Waals surface area contributed by atoms with Gasteiger partial charge in [0.1, 0.15) is 5.82 Å². The van der Waals surface area contributed by atoms with E-state index in [4.69, 9.17) is 0 Å². The molecule has 136 valence electrons. The van der Waals surface area contributed by atoms with Crippen molar-refractivity contribution in [3.05, 3.63) is 24.0 Å². The summed E-state index contributed by atoms with van der Waals surface area (Å²) in [4.78, 5) is 24.6. The summed E-state index contributed by atoms with van der Waals surface area (Å²) in [5, 5.41) is 8.69. The molecule has 5 nitrogen and oxygen atoms in total. The molecule has 1 aromatic carbocycles. The van der Waals surface area contributed by atoms with Crippen molar-refractivity contribution >= 4 is 23.2 Å². The molecule has 1 aliphatic heterocycles. The maximum absolute atomic E-state index is 14.0. The van der Waals surface area contributed by atoms with E-state index in [1.54, 1.807) is 0 Å². The monoisotopic (exact) mass is 347 g/mol.